The van der Waals surface area contributed by atoms with Crippen LogP contribution in [0.3, 0.4) is 0 Å². The molecule has 1 aromatic rings. The summed E-state index contributed by atoms with van der Waals surface area (Å²) in [5, 5.41) is 3.64. The summed E-state index contributed by atoms with van der Waals surface area (Å²) < 4.78 is 11.3. The van der Waals surface area contributed by atoms with Crippen LogP contribution < -0.4 is 5.32 Å². The monoisotopic (exact) mass is 253 g/mol. The van der Waals surface area contributed by atoms with Gasteiger partial charge >= 0.3 is 0 Å². The molecule has 0 fully saturated rings. The van der Waals surface area contributed by atoms with E-state index < -0.39 is 10.8 Å². The molecule has 2 nitrogen and oxygen atoms in total. The highest BCUT2D eigenvalue weighted by Gasteiger charge is 2.10. The minimum Gasteiger partial charge on any atom is -0.309 e. The van der Waals surface area contributed by atoms with Crippen molar-refractivity contribution < 1.29 is 4.21 Å². The molecule has 0 bridgehead atoms. The Bertz CT molecular complexity index is 383. The smallest absolute Gasteiger partial charge is 0.0441 e. The Labute approximate surface area is 107 Å². The van der Waals surface area contributed by atoms with Crippen molar-refractivity contribution in [2.45, 2.75) is 39.0 Å². The molecule has 3 heteroatoms. The highest BCUT2D eigenvalue weighted by Crippen LogP contribution is 2.16. The van der Waals surface area contributed by atoms with Crippen LogP contribution in [0.1, 0.15) is 36.6 Å². The topological polar surface area (TPSA) is 29.1 Å². The molecule has 0 saturated heterocycles. The molecule has 1 aromatic carbocycles. The van der Waals surface area contributed by atoms with Crippen molar-refractivity contribution in [3.8, 4) is 0 Å². The van der Waals surface area contributed by atoms with Gasteiger partial charge in [-0.1, -0.05) is 29.3 Å². The van der Waals surface area contributed by atoms with Crippen molar-refractivity contribution in [1.82, 2.24) is 5.32 Å². The van der Waals surface area contributed by atoms with Gasteiger partial charge in [-0.25, -0.2) is 0 Å². The molecule has 0 aliphatic carbocycles. The van der Waals surface area contributed by atoms with Gasteiger partial charge in [0, 0.05) is 34.9 Å². The summed E-state index contributed by atoms with van der Waals surface area (Å²) in [5.41, 5.74) is 3.89. The van der Waals surface area contributed by atoms with E-state index in [9.17, 15) is 4.21 Å². The van der Waals surface area contributed by atoms with Crippen molar-refractivity contribution in [3.63, 3.8) is 0 Å². The predicted octanol–water partition coefficient (Wildman–Crippen LogP) is 2.72. The van der Waals surface area contributed by atoms with Crippen LogP contribution in [0.15, 0.2) is 18.2 Å². The zero-order valence-corrected chi connectivity index (χ0v) is 12.2. The third-order valence-corrected chi connectivity index (χ3v) is 4.32. The second-order valence-corrected chi connectivity index (χ2v) is 6.66. The van der Waals surface area contributed by atoms with Gasteiger partial charge in [0.1, 0.15) is 0 Å². The Balaban J connectivity index is 2.63. The number of aryl methyl sites for hydroxylation is 2. The fourth-order valence-electron chi connectivity index (χ4n) is 1.84. The maximum atomic E-state index is 11.3. The molecular weight excluding hydrogens is 230 g/mol. The van der Waals surface area contributed by atoms with Gasteiger partial charge < -0.3 is 5.32 Å². The van der Waals surface area contributed by atoms with Crippen LogP contribution in [0.5, 0.6) is 0 Å². The van der Waals surface area contributed by atoms with Crippen molar-refractivity contribution in [3.05, 3.63) is 34.9 Å². The van der Waals surface area contributed by atoms with E-state index in [-0.39, 0.29) is 5.25 Å². The molecule has 0 aromatic heterocycles. The lowest BCUT2D eigenvalue weighted by Crippen LogP contribution is -2.29. The molecule has 1 rings (SSSR count). The van der Waals surface area contributed by atoms with E-state index in [0.717, 1.165) is 6.54 Å². The minimum atomic E-state index is -0.754. The fourth-order valence-corrected chi connectivity index (χ4v) is 2.17. The number of rotatable bonds is 5. The summed E-state index contributed by atoms with van der Waals surface area (Å²) in [5.74, 6) is 0. The number of hydrogen-bond donors (Lipinski definition) is 1. The Hall–Kier alpha value is -0.670. The van der Waals surface area contributed by atoms with Crippen LogP contribution in [-0.4, -0.2) is 22.3 Å². The molecule has 0 spiro atoms. The molecule has 3 atom stereocenters. The molecule has 0 aliphatic rings. The normalized spacial score (nSPS) is 16.5. The van der Waals surface area contributed by atoms with Gasteiger partial charge in [-0.05, 0) is 33.3 Å². The second-order valence-electron chi connectivity index (χ2n) is 4.86. The van der Waals surface area contributed by atoms with Crippen LogP contribution in [0.4, 0.5) is 0 Å². The standard InChI is InChI=1S/C14H23NOS/c1-10-6-11(2)8-14(7-10)13(4)15-9-12(3)17(5)16/h6-8,12-13,15H,9H2,1-5H3. The van der Waals surface area contributed by atoms with Gasteiger partial charge in [0.15, 0.2) is 0 Å². The highest BCUT2D eigenvalue weighted by atomic mass is 32.2. The first-order valence-corrected chi connectivity index (χ1v) is 7.66. The van der Waals surface area contributed by atoms with Gasteiger partial charge in [-0.2, -0.15) is 0 Å². The molecule has 3 unspecified atom stereocenters. The maximum absolute atomic E-state index is 11.3. The molecule has 0 amide bonds. The lowest BCUT2D eigenvalue weighted by Gasteiger charge is -2.18. The Morgan fingerprint density at radius 1 is 1.18 bits per heavy atom. The largest absolute Gasteiger partial charge is 0.309 e. The molecule has 0 saturated carbocycles. The summed E-state index contributed by atoms with van der Waals surface area (Å²) in [4.78, 5) is 0. The second kappa shape index (κ2) is 6.31. The third-order valence-electron chi connectivity index (χ3n) is 3.02. The predicted molar refractivity (Wildman–Crippen MR) is 75.9 cm³/mol. The average molecular weight is 253 g/mol. The van der Waals surface area contributed by atoms with E-state index in [1.54, 1.807) is 6.26 Å². The molecule has 96 valence electrons. The molecular formula is C14H23NOS. The summed E-state index contributed by atoms with van der Waals surface area (Å²) in [7, 11) is -0.754. The lowest BCUT2D eigenvalue weighted by atomic mass is 10.0. The van der Waals surface area contributed by atoms with Crippen LogP contribution in [0.25, 0.3) is 0 Å². The number of hydrogen-bond acceptors (Lipinski definition) is 2. The molecule has 0 heterocycles. The molecule has 17 heavy (non-hydrogen) atoms. The Morgan fingerprint density at radius 2 is 1.71 bits per heavy atom. The van der Waals surface area contributed by atoms with E-state index >= 15 is 0 Å². The number of benzene rings is 1. The molecule has 1 N–H and O–H groups in total. The van der Waals surface area contributed by atoms with E-state index in [2.05, 4.69) is 44.3 Å². The van der Waals surface area contributed by atoms with Crippen molar-refractivity contribution in [2.24, 2.45) is 0 Å². The van der Waals surface area contributed by atoms with Gasteiger partial charge in [0.2, 0.25) is 0 Å². The van der Waals surface area contributed by atoms with E-state index in [1.165, 1.54) is 16.7 Å². The zero-order valence-electron chi connectivity index (χ0n) is 11.4. The van der Waals surface area contributed by atoms with Crippen LogP contribution in [0, 0.1) is 13.8 Å². The first kappa shape index (κ1) is 14.4. The summed E-state index contributed by atoms with van der Waals surface area (Å²) in [6.45, 7) is 9.19. The average Bonchev–Trinajstić information content (AvgIpc) is 2.23. The van der Waals surface area contributed by atoms with Gasteiger partial charge in [0.05, 0.1) is 0 Å². The summed E-state index contributed by atoms with van der Waals surface area (Å²) in [6.07, 6.45) is 1.76. The SMILES string of the molecule is Cc1cc(C)cc(C(C)NCC(C)S(C)=O)c1. The third kappa shape index (κ3) is 4.60. The minimum absolute atomic E-state index is 0.198. The van der Waals surface area contributed by atoms with Crippen molar-refractivity contribution in [2.75, 3.05) is 12.8 Å². The zero-order chi connectivity index (χ0) is 13.0. The van der Waals surface area contributed by atoms with Crippen molar-refractivity contribution in [1.29, 1.82) is 0 Å². The Morgan fingerprint density at radius 3 is 2.18 bits per heavy atom. The van der Waals surface area contributed by atoms with Crippen LogP contribution in [0.2, 0.25) is 0 Å². The first-order chi connectivity index (χ1) is 7.90. The number of nitrogens with one attached hydrogen (secondary N) is 1. The van der Waals surface area contributed by atoms with Crippen LogP contribution in [-0.2, 0) is 10.8 Å². The van der Waals surface area contributed by atoms with E-state index in [4.69, 9.17) is 0 Å². The van der Waals surface area contributed by atoms with Gasteiger partial charge in [0.25, 0.3) is 0 Å². The quantitative estimate of drug-likeness (QED) is 0.874. The summed E-state index contributed by atoms with van der Waals surface area (Å²) in [6, 6.07) is 6.90. The fraction of sp³-hybridized carbons (Fsp3) is 0.571. The van der Waals surface area contributed by atoms with Crippen molar-refractivity contribution >= 4 is 10.8 Å². The lowest BCUT2D eigenvalue weighted by molar-refractivity contribution is 0.568. The van der Waals surface area contributed by atoms with Gasteiger partial charge in [-0.3, -0.25) is 4.21 Å². The van der Waals surface area contributed by atoms with E-state index in [1.807, 2.05) is 6.92 Å². The Kier molecular flexibility index (Phi) is 5.34. The highest BCUT2D eigenvalue weighted by molar-refractivity contribution is 7.84. The van der Waals surface area contributed by atoms with Gasteiger partial charge in [-0.15, -0.1) is 0 Å². The van der Waals surface area contributed by atoms with E-state index in [0.29, 0.717) is 6.04 Å². The first-order valence-electron chi connectivity index (χ1n) is 6.04. The molecule has 0 radical (unpaired) electrons. The maximum Gasteiger partial charge on any atom is 0.0441 e. The van der Waals surface area contributed by atoms with Crippen LogP contribution >= 0.6 is 0 Å². The summed E-state index contributed by atoms with van der Waals surface area (Å²) >= 11 is 0. The molecule has 0 aliphatic heterocycles.